The maximum Gasteiger partial charge on any atom is 0.252 e. The number of amides is 1. The number of imidazole rings is 1. The quantitative estimate of drug-likeness (QED) is 0.760. The Morgan fingerprint density at radius 1 is 1.21 bits per heavy atom. The van der Waals surface area contributed by atoms with E-state index in [-0.39, 0.29) is 0 Å². The van der Waals surface area contributed by atoms with E-state index in [1.165, 1.54) is 5.56 Å². The summed E-state index contributed by atoms with van der Waals surface area (Å²) in [7, 11) is 0. The van der Waals surface area contributed by atoms with Crippen LogP contribution in [0.15, 0.2) is 48.8 Å². The van der Waals surface area contributed by atoms with Crippen molar-refractivity contribution in [3.8, 4) is 11.3 Å². The van der Waals surface area contributed by atoms with Gasteiger partial charge < -0.3 is 10.1 Å². The summed E-state index contributed by atoms with van der Waals surface area (Å²) in [5.74, 6) is -0.466. The first-order valence-electron chi connectivity index (χ1n) is 6.00. The normalized spacial score (nSPS) is 10.8. The molecule has 2 N–H and O–H groups in total. The molecule has 0 bridgehead atoms. The third-order valence-corrected chi connectivity index (χ3v) is 3.10. The second-order valence-electron chi connectivity index (χ2n) is 4.51. The Morgan fingerprint density at radius 2 is 1.95 bits per heavy atom. The zero-order chi connectivity index (χ0) is 13.4. The van der Waals surface area contributed by atoms with Gasteiger partial charge in [-0.05, 0) is 19.1 Å². The number of nitrogens with zero attached hydrogens (tertiary/aromatic N) is 2. The fourth-order valence-electron chi connectivity index (χ4n) is 2.07. The maximum absolute atomic E-state index is 11.4. The minimum Gasteiger partial charge on any atom is -0.365 e. The minimum absolute atomic E-state index is 0.431. The monoisotopic (exact) mass is 251 g/mol. The summed E-state index contributed by atoms with van der Waals surface area (Å²) in [4.78, 5) is 15.9. The Kier molecular flexibility index (Phi) is 2.56. The van der Waals surface area contributed by atoms with Crippen LogP contribution >= 0.6 is 0 Å². The molecule has 3 aromatic rings. The number of carbonyl (C=O) groups is 1. The first-order valence-corrected chi connectivity index (χ1v) is 6.00. The summed E-state index contributed by atoms with van der Waals surface area (Å²) in [6.45, 7) is 2.04. The van der Waals surface area contributed by atoms with Gasteiger partial charge in [0, 0.05) is 18.0 Å². The number of carbonyl (C=O) groups excluding carboxylic acids is 1. The molecule has 0 aliphatic rings. The van der Waals surface area contributed by atoms with Gasteiger partial charge >= 0.3 is 0 Å². The Balaban J connectivity index is 2.19. The van der Waals surface area contributed by atoms with Crippen LogP contribution in [0.3, 0.4) is 0 Å². The highest BCUT2D eigenvalue weighted by Crippen LogP contribution is 2.21. The number of rotatable bonds is 2. The number of pyridine rings is 1. The minimum atomic E-state index is -0.466. The van der Waals surface area contributed by atoms with Gasteiger partial charge in [-0.15, -0.1) is 0 Å². The standard InChI is InChI=1S/C15H13N3O/c1-10-4-6-11(7-5-10)13-9-18-8-2-3-12(14(16)19)15(18)17-13/h2-9H,1H3,(H2,16,19). The number of hydrogen-bond acceptors (Lipinski definition) is 2. The van der Waals surface area contributed by atoms with Crippen molar-refractivity contribution in [3.05, 3.63) is 59.9 Å². The highest BCUT2D eigenvalue weighted by Gasteiger charge is 2.10. The lowest BCUT2D eigenvalue weighted by atomic mass is 10.1. The van der Waals surface area contributed by atoms with E-state index in [4.69, 9.17) is 5.73 Å². The third-order valence-electron chi connectivity index (χ3n) is 3.10. The smallest absolute Gasteiger partial charge is 0.252 e. The molecule has 2 aromatic heterocycles. The maximum atomic E-state index is 11.4. The van der Waals surface area contributed by atoms with Gasteiger partial charge in [0.25, 0.3) is 5.91 Å². The predicted octanol–water partition coefficient (Wildman–Crippen LogP) is 2.41. The number of aryl methyl sites for hydroxylation is 1. The summed E-state index contributed by atoms with van der Waals surface area (Å²) in [5.41, 5.74) is 9.42. The first kappa shape index (κ1) is 11.5. The zero-order valence-electron chi connectivity index (χ0n) is 10.5. The molecule has 3 rings (SSSR count). The van der Waals surface area contributed by atoms with Crippen LogP contribution in [0.4, 0.5) is 0 Å². The summed E-state index contributed by atoms with van der Waals surface area (Å²) in [6.07, 6.45) is 3.75. The second kappa shape index (κ2) is 4.24. The molecule has 0 spiro atoms. The van der Waals surface area contributed by atoms with Crippen molar-refractivity contribution in [1.82, 2.24) is 9.38 Å². The molecule has 0 unspecified atom stereocenters. The van der Waals surface area contributed by atoms with Gasteiger partial charge in [0.05, 0.1) is 11.3 Å². The van der Waals surface area contributed by atoms with Gasteiger partial charge in [-0.3, -0.25) is 4.79 Å². The molecule has 0 atom stereocenters. The molecule has 0 aliphatic heterocycles. The molecule has 1 aromatic carbocycles. The molecule has 0 fully saturated rings. The van der Waals surface area contributed by atoms with E-state index < -0.39 is 5.91 Å². The largest absolute Gasteiger partial charge is 0.365 e. The van der Waals surface area contributed by atoms with Gasteiger partial charge in [-0.1, -0.05) is 29.8 Å². The molecule has 4 nitrogen and oxygen atoms in total. The molecule has 0 radical (unpaired) electrons. The van der Waals surface area contributed by atoms with E-state index >= 15 is 0 Å². The number of primary amides is 1. The van der Waals surface area contributed by atoms with Crippen molar-refractivity contribution in [2.45, 2.75) is 6.92 Å². The van der Waals surface area contributed by atoms with Crippen LogP contribution in [0.25, 0.3) is 16.9 Å². The van der Waals surface area contributed by atoms with Crippen LogP contribution < -0.4 is 5.73 Å². The van der Waals surface area contributed by atoms with Gasteiger partial charge in [0.2, 0.25) is 0 Å². The van der Waals surface area contributed by atoms with Crippen LogP contribution in [0.5, 0.6) is 0 Å². The van der Waals surface area contributed by atoms with Gasteiger partial charge in [-0.2, -0.15) is 0 Å². The lowest BCUT2D eigenvalue weighted by molar-refractivity contribution is 0.100. The summed E-state index contributed by atoms with van der Waals surface area (Å²) in [5, 5.41) is 0. The van der Waals surface area contributed by atoms with E-state index in [1.54, 1.807) is 12.1 Å². The zero-order valence-corrected chi connectivity index (χ0v) is 10.5. The van der Waals surface area contributed by atoms with Crippen molar-refractivity contribution in [3.63, 3.8) is 0 Å². The third kappa shape index (κ3) is 1.97. The summed E-state index contributed by atoms with van der Waals surface area (Å²) >= 11 is 0. The Bertz CT molecular complexity index is 757. The average Bonchev–Trinajstić information content (AvgIpc) is 2.82. The number of benzene rings is 1. The van der Waals surface area contributed by atoms with Crippen molar-refractivity contribution < 1.29 is 4.79 Å². The van der Waals surface area contributed by atoms with E-state index in [0.717, 1.165) is 11.3 Å². The Hall–Kier alpha value is -2.62. The van der Waals surface area contributed by atoms with E-state index in [1.807, 2.05) is 48.0 Å². The molecule has 0 saturated carbocycles. The molecule has 2 heterocycles. The second-order valence-corrected chi connectivity index (χ2v) is 4.51. The number of hydrogen-bond donors (Lipinski definition) is 1. The van der Waals surface area contributed by atoms with Gasteiger partial charge in [0.1, 0.15) is 5.65 Å². The van der Waals surface area contributed by atoms with Crippen LogP contribution in [-0.4, -0.2) is 15.3 Å². The summed E-state index contributed by atoms with van der Waals surface area (Å²) < 4.78 is 1.81. The molecule has 0 saturated heterocycles. The number of fused-ring (bicyclic) bond motifs is 1. The molecular weight excluding hydrogens is 238 g/mol. The van der Waals surface area contributed by atoms with Crippen molar-refractivity contribution in [2.75, 3.05) is 0 Å². The van der Waals surface area contributed by atoms with E-state index in [0.29, 0.717) is 11.2 Å². The average molecular weight is 251 g/mol. The van der Waals surface area contributed by atoms with Gasteiger partial charge in [0.15, 0.2) is 0 Å². The SMILES string of the molecule is Cc1ccc(-c2cn3cccc(C(N)=O)c3n2)cc1. The highest BCUT2D eigenvalue weighted by molar-refractivity contribution is 5.98. The Morgan fingerprint density at radius 3 is 2.63 bits per heavy atom. The van der Waals surface area contributed by atoms with E-state index in [9.17, 15) is 4.79 Å². The molecule has 4 heteroatoms. The molecule has 19 heavy (non-hydrogen) atoms. The van der Waals surface area contributed by atoms with Crippen molar-refractivity contribution >= 4 is 11.6 Å². The highest BCUT2D eigenvalue weighted by atomic mass is 16.1. The first-order chi connectivity index (χ1) is 9.15. The van der Waals surface area contributed by atoms with Crippen LogP contribution in [0, 0.1) is 6.92 Å². The molecular formula is C15H13N3O. The molecule has 1 amide bonds. The Labute approximate surface area is 110 Å². The summed E-state index contributed by atoms with van der Waals surface area (Å²) in [6, 6.07) is 11.6. The topological polar surface area (TPSA) is 60.4 Å². The number of aromatic nitrogens is 2. The lowest BCUT2D eigenvalue weighted by Crippen LogP contribution is -2.12. The molecule has 94 valence electrons. The fraction of sp³-hybridized carbons (Fsp3) is 0.0667. The predicted molar refractivity (Wildman–Crippen MR) is 73.9 cm³/mol. The van der Waals surface area contributed by atoms with Crippen LogP contribution in [0.2, 0.25) is 0 Å². The van der Waals surface area contributed by atoms with Crippen molar-refractivity contribution in [1.29, 1.82) is 0 Å². The molecule has 0 aliphatic carbocycles. The fourth-order valence-corrected chi connectivity index (χ4v) is 2.07. The van der Waals surface area contributed by atoms with E-state index in [2.05, 4.69) is 4.98 Å². The van der Waals surface area contributed by atoms with Crippen molar-refractivity contribution in [2.24, 2.45) is 5.73 Å². The van der Waals surface area contributed by atoms with Crippen LogP contribution in [0.1, 0.15) is 15.9 Å². The number of nitrogens with two attached hydrogens (primary N) is 1. The van der Waals surface area contributed by atoms with Crippen LogP contribution in [-0.2, 0) is 0 Å². The lowest BCUT2D eigenvalue weighted by Gasteiger charge is -1.97. The van der Waals surface area contributed by atoms with Gasteiger partial charge in [-0.25, -0.2) is 4.98 Å².